The number of halogens is 2. The summed E-state index contributed by atoms with van der Waals surface area (Å²) in [7, 11) is 0. The molecule has 0 aliphatic heterocycles. The van der Waals surface area contributed by atoms with Crippen molar-refractivity contribution in [3.05, 3.63) is 169 Å². The average molecular weight is 1050 g/mol. The van der Waals surface area contributed by atoms with Gasteiger partial charge in [0.25, 0.3) is 0 Å². The third kappa shape index (κ3) is 13.3. The van der Waals surface area contributed by atoms with Crippen molar-refractivity contribution in [3.63, 3.8) is 0 Å². The summed E-state index contributed by atoms with van der Waals surface area (Å²) in [5, 5.41) is 33.7. The second-order valence-corrected chi connectivity index (χ2v) is 23.6. The van der Waals surface area contributed by atoms with Gasteiger partial charge in [0.2, 0.25) is 0 Å². The first-order valence-corrected chi connectivity index (χ1v) is 27.0. The highest BCUT2D eigenvalue weighted by molar-refractivity contribution is 7.99. The number of ether oxygens (including phenoxy) is 1. The standard InChI is InChI=1S/C33H33Cl2NO3S2.C24H23NO4S/c1-32(2,39)26-9-4-3-8-25(26)24(14-17-40-20-33(15-16-33)19-28(37)38)22-7-5-6-21(18-22)10-11-23-12-13-27-30(36-23)29(34)31(35)41-27;1-24(2,3)21-14-30-23(25-21)20-11-17-10-18(8-9-19(17)29-20)28-13-16-7-5-4-6-15(16)12-22(26)27/h3-13,18,24,39H,14-17,19-20H2,1-2H3,(H,37,38);4-11,14H,12-13H2,1-3H3,(H,26,27)/b11-10+;. The Labute approximate surface area is 436 Å². The lowest BCUT2D eigenvalue weighted by Gasteiger charge is -2.27. The molecule has 8 aromatic rings. The Bertz CT molecular complexity index is 3210. The third-order valence-electron chi connectivity index (χ3n) is 12.5. The fourth-order valence-corrected chi connectivity index (χ4v) is 12.2. The molecule has 4 aromatic carbocycles. The molecule has 1 atom stereocenters. The number of hydrogen-bond donors (Lipinski definition) is 3. The van der Waals surface area contributed by atoms with Crippen LogP contribution in [-0.2, 0) is 33.6 Å². The van der Waals surface area contributed by atoms with Crippen molar-refractivity contribution in [3.8, 4) is 16.5 Å². The van der Waals surface area contributed by atoms with Gasteiger partial charge in [0.1, 0.15) is 27.8 Å². The van der Waals surface area contributed by atoms with Crippen molar-refractivity contribution in [1.29, 1.82) is 0 Å². The molecule has 0 saturated heterocycles. The number of carboxylic acids is 2. The van der Waals surface area contributed by atoms with Crippen LogP contribution in [0.4, 0.5) is 0 Å². The van der Waals surface area contributed by atoms with Gasteiger partial charge in [0.05, 0.1) is 39.6 Å². The van der Waals surface area contributed by atoms with Gasteiger partial charge in [-0.1, -0.05) is 123 Å². The number of pyridine rings is 1. The predicted octanol–water partition coefficient (Wildman–Crippen LogP) is 15.6. The SMILES string of the molecule is CC(C)(C)c1csc(-c2cc3cc(OCc4ccccc4CC(=O)O)ccc3o2)n1.CC(C)(O)c1ccccc1C(CCSCC1(CC(=O)O)CC1)c1cccc(/C=C/c2ccc3sc(Cl)c(Cl)c3n2)c1. The van der Waals surface area contributed by atoms with Crippen LogP contribution >= 0.6 is 57.6 Å². The van der Waals surface area contributed by atoms with E-state index in [9.17, 15) is 19.8 Å². The minimum Gasteiger partial charge on any atom is -0.489 e. The first kappa shape index (κ1) is 51.9. The lowest BCUT2D eigenvalue weighted by atomic mass is 9.81. The summed E-state index contributed by atoms with van der Waals surface area (Å²) in [6.45, 7) is 10.4. The summed E-state index contributed by atoms with van der Waals surface area (Å²) >= 11 is 17.4. The number of furan rings is 1. The van der Waals surface area contributed by atoms with Crippen LogP contribution in [0.15, 0.2) is 119 Å². The Morgan fingerprint density at radius 1 is 0.873 bits per heavy atom. The molecule has 14 heteroatoms. The Balaban J connectivity index is 0.000000200. The molecule has 9 rings (SSSR count). The maximum absolute atomic E-state index is 11.3. The Hall–Kier alpha value is -5.47. The number of benzene rings is 4. The van der Waals surface area contributed by atoms with Crippen molar-refractivity contribution in [2.24, 2.45) is 5.41 Å². The van der Waals surface area contributed by atoms with E-state index in [1.54, 1.807) is 11.3 Å². The highest BCUT2D eigenvalue weighted by atomic mass is 35.5. The van der Waals surface area contributed by atoms with Crippen molar-refractivity contribution < 1.29 is 34.1 Å². The summed E-state index contributed by atoms with van der Waals surface area (Å²) < 4.78 is 13.4. The number of fused-ring (bicyclic) bond motifs is 2. The maximum Gasteiger partial charge on any atom is 0.307 e. The van der Waals surface area contributed by atoms with Crippen LogP contribution in [0.3, 0.4) is 0 Å². The number of rotatable bonds is 18. The van der Waals surface area contributed by atoms with Crippen LogP contribution in [0.1, 0.15) is 111 Å². The molecule has 0 spiro atoms. The van der Waals surface area contributed by atoms with E-state index in [0.29, 0.717) is 21.7 Å². The van der Waals surface area contributed by atoms with E-state index < -0.39 is 17.5 Å². The topological polar surface area (TPSA) is 143 Å². The largest absolute Gasteiger partial charge is 0.489 e. The fourth-order valence-electron chi connectivity index (χ4n) is 8.45. The summed E-state index contributed by atoms with van der Waals surface area (Å²) in [6.07, 6.45) is 7.15. The molecule has 0 amide bonds. The van der Waals surface area contributed by atoms with E-state index >= 15 is 0 Å². The highest BCUT2D eigenvalue weighted by Gasteiger charge is 2.44. The molecule has 4 aromatic heterocycles. The number of thiophene rings is 1. The number of thioether (sulfide) groups is 1. The number of aliphatic hydroxyl groups is 1. The maximum atomic E-state index is 11.3. The second-order valence-electron chi connectivity index (χ2n) is 19.6. The fraction of sp³-hybridized carbons (Fsp3) is 0.298. The van der Waals surface area contributed by atoms with E-state index in [2.05, 4.69) is 67.5 Å². The van der Waals surface area contributed by atoms with Gasteiger partial charge in [-0.2, -0.15) is 11.8 Å². The van der Waals surface area contributed by atoms with E-state index in [-0.39, 0.29) is 29.6 Å². The summed E-state index contributed by atoms with van der Waals surface area (Å²) in [4.78, 5) is 31.8. The highest BCUT2D eigenvalue weighted by Crippen LogP contribution is 2.51. The number of thiazole rings is 1. The average Bonchev–Trinajstić information content (AvgIpc) is 3.60. The van der Waals surface area contributed by atoms with Crippen LogP contribution in [-0.4, -0.2) is 48.7 Å². The smallest absolute Gasteiger partial charge is 0.307 e. The zero-order valence-corrected chi connectivity index (χ0v) is 44.2. The van der Waals surface area contributed by atoms with Gasteiger partial charge in [-0.15, -0.1) is 22.7 Å². The predicted molar refractivity (Wildman–Crippen MR) is 293 cm³/mol. The molecule has 1 aliphatic carbocycles. The lowest BCUT2D eigenvalue weighted by molar-refractivity contribution is -0.138. The molecule has 368 valence electrons. The van der Waals surface area contributed by atoms with Gasteiger partial charge in [0, 0.05) is 22.1 Å². The Morgan fingerprint density at radius 3 is 2.35 bits per heavy atom. The molecule has 1 saturated carbocycles. The van der Waals surface area contributed by atoms with Gasteiger partial charge in [0.15, 0.2) is 10.8 Å². The number of aliphatic carboxylic acids is 2. The summed E-state index contributed by atoms with van der Waals surface area (Å²) in [5.41, 5.74) is 8.22. The number of nitrogens with zero attached hydrogens (tertiary/aromatic N) is 2. The normalized spacial score (nSPS) is 13.9. The Kier molecular flexibility index (Phi) is 16.2. The van der Waals surface area contributed by atoms with Crippen molar-refractivity contribution in [2.75, 3.05) is 11.5 Å². The molecule has 1 unspecified atom stereocenters. The van der Waals surface area contributed by atoms with Gasteiger partial charge in [-0.3, -0.25) is 9.59 Å². The van der Waals surface area contributed by atoms with Crippen LogP contribution in [0.5, 0.6) is 5.75 Å². The molecule has 0 radical (unpaired) electrons. The Morgan fingerprint density at radius 2 is 1.63 bits per heavy atom. The zero-order valence-electron chi connectivity index (χ0n) is 40.2. The molecule has 1 fully saturated rings. The van der Waals surface area contributed by atoms with Gasteiger partial charge < -0.3 is 24.5 Å². The minimum atomic E-state index is -0.977. The number of hydrogen-bond acceptors (Lipinski definition) is 10. The minimum absolute atomic E-state index is 0.00128. The molecular formula is C57H56Cl2N2O7S3. The van der Waals surface area contributed by atoms with Gasteiger partial charge in [-0.05, 0) is 126 Å². The van der Waals surface area contributed by atoms with Crippen LogP contribution in [0.25, 0.3) is 44.1 Å². The zero-order chi connectivity index (χ0) is 50.5. The van der Waals surface area contributed by atoms with Gasteiger partial charge >= 0.3 is 11.9 Å². The van der Waals surface area contributed by atoms with E-state index in [0.717, 1.165) is 102 Å². The first-order chi connectivity index (χ1) is 33.8. The van der Waals surface area contributed by atoms with Crippen molar-refractivity contribution in [1.82, 2.24) is 9.97 Å². The molecule has 0 bridgehead atoms. The van der Waals surface area contributed by atoms with Gasteiger partial charge in [-0.25, -0.2) is 9.97 Å². The number of carboxylic acid groups (broad SMARTS) is 2. The number of aromatic nitrogens is 2. The van der Waals surface area contributed by atoms with E-state index in [4.69, 9.17) is 42.4 Å². The van der Waals surface area contributed by atoms with Crippen LogP contribution in [0.2, 0.25) is 9.36 Å². The molecule has 3 N–H and O–H groups in total. The van der Waals surface area contributed by atoms with Crippen molar-refractivity contribution in [2.45, 2.75) is 90.3 Å². The molecule has 9 nitrogen and oxygen atoms in total. The quantitative estimate of drug-likeness (QED) is 0.0711. The summed E-state index contributed by atoms with van der Waals surface area (Å²) in [5.74, 6) is 1.74. The molecule has 4 heterocycles. The van der Waals surface area contributed by atoms with Crippen LogP contribution in [0, 0.1) is 5.41 Å². The first-order valence-electron chi connectivity index (χ1n) is 23.4. The second kappa shape index (κ2) is 22.1. The molecule has 71 heavy (non-hydrogen) atoms. The molecule has 1 aliphatic rings. The third-order valence-corrected chi connectivity index (χ3v) is 16.6. The lowest BCUT2D eigenvalue weighted by Crippen LogP contribution is -2.20. The van der Waals surface area contributed by atoms with Crippen molar-refractivity contribution >= 4 is 103 Å². The monoisotopic (exact) mass is 1050 g/mol. The molecular weight excluding hydrogens is 992 g/mol. The summed E-state index contributed by atoms with van der Waals surface area (Å²) in [6, 6.07) is 35.7. The van der Waals surface area contributed by atoms with Crippen LogP contribution < -0.4 is 4.74 Å². The van der Waals surface area contributed by atoms with E-state index in [1.165, 1.54) is 16.9 Å². The van der Waals surface area contributed by atoms with E-state index in [1.807, 2.05) is 111 Å². The number of carbonyl (C=O) groups is 2.